The Morgan fingerprint density at radius 1 is 0.710 bits per heavy atom. The van der Waals surface area contributed by atoms with Crippen LogP contribution in [0.1, 0.15) is 35.4 Å². The van der Waals surface area contributed by atoms with Gasteiger partial charge in [-0.2, -0.15) is 0 Å². The van der Waals surface area contributed by atoms with E-state index < -0.39 is 0 Å². The number of hydrogen-bond donors (Lipinski definition) is 0. The molecule has 3 nitrogen and oxygen atoms in total. The number of methoxy groups -OCH3 is 1. The third-order valence-electron chi connectivity index (χ3n) is 6.38. The van der Waals surface area contributed by atoms with E-state index in [4.69, 9.17) is 4.74 Å². The highest BCUT2D eigenvalue weighted by atomic mass is 16.5. The Hall–Kier alpha value is -2.62. The van der Waals surface area contributed by atoms with Gasteiger partial charge in [-0.05, 0) is 61.3 Å². The van der Waals surface area contributed by atoms with Gasteiger partial charge in [-0.1, -0.05) is 72.8 Å². The monoisotopic (exact) mass is 414 g/mol. The van der Waals surface area contributed by atoms with Gasteiger partial charge >= 0.3 is 0 Å². The van der Waals surface area contributed by atoms with Crippen molar-refractivity contribution in [2.24, 2.45) is 0 Å². The van der Waals surface area contributed by atoms with Gasteiger partial charge in [0.25, 0.3) is 0 Å². The van der Waals surface area contributed by atoms with Crippen LogP contribution in [0.25, 0.3) is 0 Å². The van der Waals surface area contributed by atoms with Crippen LogP contribution in [-0.2, 0) is 6.54 Å². The first-order valence-corrected chi connectivity index (χ1v) is 11.5. The van der Waals surface area contributed by atoms with Crippen LogP contribution in [0.3, 0.4) is 0 Å². The van der Waals surface area contributed by atoms with Gasteiger partial charge in [-0.15, -0.1) is 0 Å². The third-order valence-corrected chi connectivity index (χ3v) is 6.38. The van der Waals surface area contributed by atoms with Crippen molar-refractivity contribution in [3.63, 3.8) is 0 Å². The number of benzene rings is 3. The second kappa shape index (κ2) is 11.1. The van der Waals surface area contributed by atoms with E-state index in [0.29, 0.717) is 5.92 Å². The third kappa shape index (κ3) is 6.19. The Morgan fingerprint density at radius 3 is 1.90 bits per heavy atom. The van der Waals surface area contributed by atoms with Crippen LogP contribution in [0, 0.1) is 0 Å². The molecule has 0 atom stereocenters. The summed E-state index contributed by atoms with van der Waals surface area (Å²) in [4.78, 5) is 5.25. The molecule has 3 aromatic carbocycles. The summed E-state index contributed by atoms with van der Waals surface area (Å²) in [6.45, 7) is 6.80. The molecule has 1 aliphatic rings. The topological polar surface area (TPSA) is 15.7 Å². The molecule has 0 saturated carbocycles. The fourth-order valence-corrected chi connectivity index (χ4v) is 4.60. The normalized spacial score (nSPS) is 15.7. The zero-order chi connectivity index (χ0) is 21.3. The predicted octanol–water partition coefficient (Wildman–Crippen LogP) is 5.43. The van der Waals surface area contributed by atoms with Crippen molar-refractivity contribution in [3.05, 3.63) is 102 Å². The summed E-state index contributed by atoms with van der Waals surface area (Å²) >= 11 is 0. The average Bonchev–Trinajstić information content (AvgIpc) is 3.06. The molecule has 0 N–H and O–H groups in total. The van der Waals surface area contributed by atoms with Crippen LogP contribution in [-0.4, -0.2) is 49.6 Å². The highest BCUT2D eigenvalue weighted by molar-refractivity contribution is 5.32. The standard InChI is InChI=1S/C28H34N2O/c1-31-27-15-13-24(14-16-27)23-30-19-8-18-29(21-22-30)20-17-28(25-9-4-2-5-10-25)26-11-6-3-7-12-26/h2-7,9-16,28H,8,17-23H2,1H3. The molecular weight excluding hydrogens is 380 g/mol. The summed E-state index contributed by atoms with van der Waals surface area (Å²) in [5, 5.41) is 0. The zero-order valence-electron chi connectivity index (χ0n) is 18.6. The van der Waals surface area contributed by atoms with Crippen LogP contribution >= 0.6 is 0 Å². The molecule has 0 aromatic heterocycles. The van der Waals surface area contributed by atoms with Crippen LogP contribution in [0.5, 0.6) is 5.75 Å². The summed E-state index contributed by atoms with van der Waals surface area (Å²) < 4.78 is 5.28. The quantitative estimate of drug-likeness (QED) is 0.489. The Labute approximate surface area is 187 Å². The molecule has 3 heteroatoms. The van der Waals surface area contributed by atoms with Gasteiger partial charge in [0, 0.05) is 25.6 Å². The van der Waals surface area contributed by atoms with Gasteiger partial charge in [-0.3, -0.25) is 4.90 Å². The number of nitrogens with zero attached hydrogens (tertiary/aromatic N) is 2. The van der Waals surface area contributed by atoms with Crippen molar-refractivity contribution in [1.29, 1.82) is 0 Å². The molecule has 1 fully saturated rings. The van der Waals surface area contributed by atoms with Crippen molar-refractivity contribution in [2.45, 2.75) is 25.3 Å². The summed E-state index contributed by atoms with van der Waals surface area (Å²) in [6, 6.07) is 30.5. The van der Waals surface area contributed by atoms with E-state index in [0.717, 1.165) is 38.3 Å². The van der Waals surface area contributed by atoms with Crippen molar-refractivity contribution in [2.75, 3.05) is 39.8 Å². The maximum Gasteiger partial charge on any atom is 0.118 e. The van der Waals surface area contributed by atoms with Gasteiger partial charge in [0.2, 0.25) is 0 Å². The maximum atomic E-state index is 5.28. The van der Waals surface area contributed by atoms with Crippen molar-refractivity contribution in [1.82, 2.24) is 9.80 Å². The zero-order valence-corrected chi connectivity index (χ0v) is 18.6. The van der Waals surface area contributed by atoms with E-state index in [1.54, 1.807) is 7.11 Å². The fraction of sp³-hybridized carbons (Fsp3) is 0.357. The molecule has 4 rings (SSSR count). The summed E-state index contributed by atoms with van der Waals surface area (Å²) in [5.74, 6) is 1.39. The van der Waals surface area contributed by atoms with E-state index in [9.17, 15) is 0 Å². The van der Waals surface area contributed by atoms with E-state index in [1.165, 1.54) is 36.2 Å². The van der Waals surface area contributed by atoms with Gasteiger partial charge in [0.15, 0.2) is 0 Å². The lowest BCUT2D eigenvalue weighted by Crippen LogP contribution is -2.31. The van der Waals surface area contributed by atoms with E-state index in [-0.39, 0.29) is 0 Å². The van der Waals surface area contributed by atoms with E-state index in [2.05, 4.69) is 94.7 Å². The molecule has 31 heavy (non-hydrogen) atoms. The molecule has 0 aliphatic carbocycles. The first kappa shape index (κ1) is 21.6. The smallest absolute Gasteiger partial charge is 0.118 e. The lowest BCUT2D eigenvalue weighted by molar-refractivity contribution is 0.248. The van der Waals surface area contributed by atoms with Gasteiger partial charge < -0.3 is 9.64 Å². The summed E-state index contributed by atoms with van der Waals surface area (Å²) in [6.07, 6.45) is 2.39. The van der Waals surface area contributed by atoms with Gasteiger partial charge in [0.05, 0.1) is 7.11 Å². The van der Waals surface area contributed by atoms with Gasteiger partial charge in [-0.25, -0.2) is 0 Å². The molecule has 162 valence electrons. The largest absolute Gasteiger partial charge is 0.497 e. The van der Waals surface area contributed by atoms with Crippen molar-refractivity contribution >= 4 is 0 Å². The van der Waals surface area contributed by atoms with Crippen LogP contribution in [0.4, 0.5) is 0 Å². The number of ether oxygens (including phenoxy) is 1. The molecule has 3 aromatic rings. The first-order chi connectivity index (χ1) is 15.3. The van der Waals surface area contributed by atoms with Crippen molar-refractivity contribution in [3.8, 4) is 5.75 Å². The second-order valence-electron chi connectivity index (χ2n) is 8.48. The summed E-state index contributed by atoms with van der Waals surface area (Å²) in [7, 11) is 1.72. The molecule has 1 saturated heterocycles. The Kier molecular flexibility index (Phi) is 7.76. The van der Waals surface area contributed by atoms with Crippen LogP contribution in [0.2, 0.25) is 0 Å². The number of rotatable bonds is 8. The average molecular weight is 415 g/mol. The highest BCUT2D eigenvalue weighted by Gasteiger charge is 2.18. The number of hydrogen-bond acceptors (Lipinski definition) is 3. The minimum atomic E-state index is 0.459. The fourth-order valence-electron chi connectivity index (χ4n) is 4.60. The predicted molar refractivity (Wildman–Crippen MR) is 129 cm³/mol. The lowest BCUT2D eigenvalue weighted by atomic mass is 9.88. The van der Waals surface area contributed by atoms with Gasteiger partial charge in [0.1, 0.15) is 5.75 Å². The first-order valence-electron chi connectivity index (χ1n) is 11.5. The molecule has 0 unspecified atom stereocenters. The Balaban J connectivity index is 1.33. The molecule has 1 heterocycles. The molecule has 0 spiro atoms. The van der Waals surface area contributed by atoms with Crippen molar-refractivity contribution < 1.29 is 4.74 Å². The Bertz CT molecular complexity index is 856. The SMILES string of the molecule is COc1ccc(CN2CCCN(CCC(c3ccccc3)c3ccccc3)CC2)cc1. The van der Waals surface area contributed by atoms with Crippen LogP contribution in [0.15, 0.2) is 84.9 Å². The van der Waals surface area contributed by atoms with E-state index in [1.807, 2.05) is 0 Å². The second-order valence-corrected chi connectivity index (χ2v) is 8.48. The minimum Gasteiger partial charge on any atom is -0.497 e. The molecule has 1 aliphatic heterocycles. The molecule has 0 radical (unpaired) electrons. The summed E-state index contributed by atoms with van der Waals surface area (Å²) in [5.41, 5.74) is 4.21. The lowest BCUT2D eigenvalue weighted by Gasteiger charge is -2.25. The molecule has 0 amide bonds. The molecular formula is C28H34N2O. The highest BCUT2D eigenvalue weighted by Crippen LogP contribution is 2.28. The molecule has 0 bridgehead atoms. The maximum absolute atomic E-state index is 5.28. The van der Waals surface area contributed by atoms with Crippen LogP contribution < -0.4 is 4.74 Å². The van der Waals surface area contributed by atoms with E-state index >= 15 is 0 Å². The minimum absolute atomic E-state index is 0.459. The Morgan fingerprint density at radius 2 is 1.29 bits per heavy atom.